The molecule has 1 aliphatic rings. The van der Waals surface area contributed by atoms with E-state index in [0.717, 1.165) is 25.3 Å². The topological polar surface area (TPSA) is 44.3 Å². The molecule has 2 rings (SSSR count). The van der Waals surface area contributed by atoms with Crippen LogP contribution in [0.3, 0.4) is 0 Å². The first-order valence-corrected chi connectivity index (χ1v) is 6.11. The summed E-state index contributed by atoms with van der Waals surface area (Å²) in [5.74, 6) is 1.44. The first-order valence-electron chi connectivity index (χ1n) is 5.73. The summed E-state index contributed by atoms with van der Waals surface area (Å²) in [7, 11) is 6.02. The summed E-state index contributed by atoms with van der Waals surface area (Å²) in [4.78, 5) is 13.0. The highest BCUT2D eigenvalue weighted by atomic mass is 35.5. The van der Waals surface area contributed by atoms with E-state index < -0.39 is 0 Å². The molecule has 0 spiro atoms. The van der Waals surface area contributed by atoms with Gasteiger partial charge in [-0.25, -0.2) is 4.98 Å². The third kappa shape index (κ3) is 2.61. The van der Waals surface area contributed by atoms with Gasteiger partial charge in [0.05, 0.1) is 6.20 Å². The summed E-state index contributed by atoms with van der Waals surface area (Å²) in [6.45, 7) is 1.95. The highest BCUT2D eigenvalue weighted by molar-refractivity contribution is 6.32. The lowest BCUT2D eigenvalue weighted by atomic mass is 10.2. The van der Waals surface area contributed by atoms with Crippen LogP contribution >= 0.6 is 11.6 Å². The van der Waals surface area contributed by atoms with Crippen molar-refractivity contribution in [2.24, 2.45) is 0 Å². The van der Waals surface area contributed by atoms with Crippen LogP contribution in [-0.4, -0.2) is 55.1 Å². The van der Waals surface area contributed by atoms with Crippen LogP contribution in [-0.2, 0) is 0 Å². The summed E-state index contributed by atoms with van der Waals surface area (Å²) < 4.78 is 0. The average molecular weight is 256 g/mol. The molecule has 0 aliphatic carbocycles. The number of hydrogen-bond acceptors (Lipinski definition) is 5. The van der Waals surface area contributed by atoms with Gasteiger partial charge < -0.3 is 15.1 Å². The van der Waals surface area contributed by atoms with Gasteiger partial charge in [-0.15, -0.1) is 0 Å². The Kier molecular flexibility index (Phi) is 3.69. The molecular formula is C11H18ClN5. The van der Waals surface area contributed by atoms with Crippen molar-refractivity contribution in [1.29, 1.82) is 0 Å². The molecule has 1 atom stereocenters. The van der Waals surface area contributed by atoms with Gasteiger partial charge in [-0.2, -0.15) is 4.98 Å². The fourth-order valence-corrected chi connectivity index (χ4v) is 2.27. The van der Waals surface area contributed by atoms with E-state index in [1.165, 1.54) is 0 Å². The molecule has 0 aromatic carbocycles. The van der Waals surface area contributed by atoms with Crippen LogP contribution in [0.25, 0.3) is 0 Å². The summed E-state index contributed by atoms with van der Waals surface area (Å²) in [5.41, 5.74) is 0. The number of likely N-dealkylation sites (N-methyl/N-ethyl adjacent to an activating group) is 1. The zero-order valence-corrected chi connectivity index (χ0v) is 11.2. The zero-order chi connectivity index (χ0) is 12.4. The fraction of sp³-hybridized carbons (Fsp3) is 0.636. The quantitative estimate of drug-likeness (QED) is 0.883. The third-order valence-corrected chi connectivity index (χ3v) is 3.41. The number of nitrogens with zero attached hydrogens (tertiary/aromatic N) is 4. The molecule has 0 saturated carbocycles. The molecule has 0 radical (unpaired) electrons. The molecule has 1 aliphatic heterocycles. The lowest BCUT2D eigenvalue weighted by Gasteiger charge is -2.21. The van der Waals surface area contributed by atoms with Gasteiger partial charge in [0.25, 0.3) is 0 Å². The van der Waals surface area contributed by atoms with Gasteiger partial charge in [0.1, 0.15) is 5.02 Å². The van der Waals surface area contributed by atoms with Crippen LogP contribution in [0.5, 0.6) is 0 Å². The number of nitrogens with one attached hydrogen (secondary N) is 1. The molecule has 1 N–H and O–H groups in total. The molecule has 94 valence electrons. The minimum Gasteiger partial charge on any atom is -0.357 e. The Labute approximate surface area is 107 Å². The maximum Gasteiger partial charge on any atom is 0.224 e. The van der Waals surface area contributed by atoms with Crippen molar-refractivity contribution in [2.45, 2.75) is 12.5 Å². The van der Waals surface area contributed by atoms with Crippen LogP contribution in [0, 0.1) is 0 Å². The molecule has 0 bridgehead atoms. The monoisotopic (exact) mass is 255 g/mol. The minimum atomic E-state index is 0.569. The van der Waals surface area contributed by atoms with E-state index in [1.807, 2.05) is 0 Å². The van der Waals surface area contributed by atoms with Crippen LogP contribution in [0.4, 0.5) is 11.8 Å². The second kappa shape index (κ2) is 5.06. The molecule has 1 fully saturated rings. The lowest BCUT2D eigenvalue weighted by Crippen LogP contribution is -2.31. The van der Waals surface area contributed by atoms with E-state index in [-0.39, 0.29) is 0 Å². The van der Waals surface area contributed by atoms with Crippen LogP contribution in [0.15, 0.2) is 6.20 Å². The van der Waals surface area contributed by atoms with E-state index in [0.29, 0.717) is 17.0 Å². The van der Waals surface area contributed by atoms with E-state index in [4.69, 9.17) is 11.6 Å². The van der Waals surface area contributed by atoms with Crippen molar-refractivity contribution in [3.63, 3.8) is 0 Å². The molecule has 2 heterocycles. The van der Waals surface area contributed by atoms with Crippen LogP contribution < -0.4 is 10.2 Å². The molecule has 1 unspecified atom stereocenters. The Morgan fingerprint density at radius 3 is 2.88 bits per heavy atom. The summed E-state index contributed by atoms with van der Waals surface area (Å²) in [6, 6.07) is 0.569. The van der Waals surface area contributed by atoms with Gasteiger partial charge in [-0.05, 0) is 20.5 Å². The number of halogens is 1. The summed E-state index contributed by atoms with van der Waals surface area (Å²) in [5, 5.41) is 3.55. The molecule has 1 aromatic rings. The van der Waals surface area contributed by atoms with Gasteiger partial charge in [0.15, 0.2) is 5.82 Å². The van der Waals surface area contributed by atoms with Gasteiger partial charge in [-0.3, -0.25) is 0 Å². The van der Waals surface area contributed by atoms with E-state index in [2.05, 4.69) is 39.2 Å². The fourth-order valence-electron chi connectivity index (χ4n) is 2.06. The predicted octanol–water partition coefficient (Wildman–Crippen LogP) is 1.31. The second-order valence-electron chi connectivity index (χ2n) is 4.47. The molecule has 1 saturated heterocycles. The van der Waals surface area contributed by atoms with E-state index in [1.54, 1.807) is 13.2 Å². The predicted molar refractivity (Wildman–Crippen MR) is 70.9 cm³/mol. The zero-order valence-electron chi connectivity index (χ0n) is 10.4. The number of hydrogen-bond donors (Lipinski definition) is 1. The third-order valence-electron chi connectivity index (χ3n) is 3.14. The average Bonchev–Trinajstić information content (AvgIpc) is 2.79. The molecule has 6 heteroatoms. The number of anilines is 2. The second-order valence-corrected chi connectivity index (χ2v) is 4.87. The maximum atomic E-state index is 6.15. The summed E-state index contributed by atoms with van der Waals surface area (Å²) >= 11 is 6.15. The van der Waals surface area contributed by atoms with Crippen molar-refractivity contribution in [2.75, 3.05) is 44.4 Å². The smallest absolute Gasteiger partial charge is 0.224 e. The Bertz CT molecular complexity index is 395. The minimum absolute atomic E-state index is 0.569. The summed E-state index contributed by atoms with van der Waals surface area (Å²) in [6.07, 6.45) is 2.79. The largest absolute Gasteiger partial charge is 0.357 e. The molecule has 17 heavy (non-hydrogen) atoms. The maximum absolute atomic E-state index is 6.15. The lowest BCUT2D eigenvalue weighted by molar-refractivity contribution is 0.315. The first kappa shape index (κ1) is 12.4. The Morgan fingerprint density at radius 1 is 1.53 bits per heavy atom. The molecule has 5 nitrogen and oxygen atoms in total. The standard InChI is InChI=1S/C11H18ClN5/c1-13-11-14-6-9(12)10(15-11)17-5-4-8(7-17)16(2)3/h6,8H,4-5,7H2,1-3H3,(H,13,14,15). The van der Waals surface area contributed by atoms with Gasteiger partial charge in [-0.1, -0.05) is 11.6 Å². The van der Waals surface area contributed by atoms with Crippen LogP contribution in [0.1, 0.15) is 6.42 Å². The van der Waals surface area contributed by atoms with Crippen molar-refractivity contribution in [3.8, 4) is 0 Å². The Morgan fingerprint density at radius 2 is 2.29 bits per heavy atom. The Hall–Kier alpha value is -1.07. The first-order chi connectivity index (χ1) is 8.11. The highest BCUT2D eigenvalue weighted by Crippen LogP contribution is 2.27. The van der Waals surface area contributed by atoms with E-state index >= 15 is 0 Å². The van der Waals surface area contributed by atoms with Gasteiger partial charge in [0, 0.05) is 26.2 Å². The van der Waals surface area contributed by atoms with E-state index in [9.17, 15) is 0 Å². The molecule has 0 amide bonds. The number of rotatable bonds is 3. The molecular weight excluding hydrogens is 238 g/mol. The van der Waals surface area contributed by atoms with Gasteiger partial charge in [0.2, 0.25) is 5.95 Å². The molecule has 1 aromatic heterocycles. The van der Waals surface area contributed by atoms with Crippen molar-refractivity contribution >= 4 is 23.4 Å². The van der Waals surface area contributed by atoms with Crippen molar-refractivity contribution in [3.05, 3.63) is 11.2 Å². The number of aromatic nitrogens is 2. The normalized spacial score (nSPS) is 20.1. The van der Waals surface area contributed by atoms with Crippen molar-refractivity contribution < 1.29 is 0 Å². The highest BCUT2D eigenvalue weighted by Gasteiger charge is 2.26. The Balaban J connectivity index is 2.18. The van der Waals surface area contributed by atoms with Crippen LogP contribution in [0.2, 0.25) is 5.02 Å². The van der Waals surface area contributed by atoms with Crippen molar-refractivity contribution in [1.82, 2.24) is 14.9 Å². The van der Waals surface area contributed by atoms with Gasteiger partial charge >= 0.3 is 0 Å². The SMILES string of the molecule is CNc1ncc(Cl)c(N2CCC(N(C)C)C2)n1.